The van der Waals surface area contributed by atoms with Crippen LogP contribution in [0.15, 0.2) is 27.4 Å². The van der Waals surface area contributed by atoms with Gasteiger partial charge in [0.15, 0.2) is 0 Å². The Hall–Kier alpha value is -1.31. The largest absolute Gasteiger partial charge is 0.428 e. The van der Waals surface area contributed by atoms with E-state index in [2.05, 4.69) is 0 Å². The van der Waals surface area contributed by atoms with Gasteiger partial charge in [0.2, 0.25) is 0 Å². The van der Waals surface area contributed by atoms with E-state index >= 15 is 0 Å². The molecule has 0 bridgehead atoms. The van der Waals surface area contributed by atoms with Crippen LogP contribution in [0.5, 0.6) is 0 Å². The Kier molecular flexibility index (Phi) is 2.26. The monoisotopic (exact) mass is 150 g/mol. The van der Waals surface area contributed by atoms with Gasteiger partial charge in [-0.1, -0.05) is 12.2 Å². The van der Waals surface area contributed by atoms with Gasteiger partial charge in [-0.2, -0.15) is 0 Å². The van der Waals surface area contributed by atoms with Crippen molar-refractivity contribution in [2.75, 3.05) is 0 Å². The van der Waals surface area contributed by atoms with Crippen molar-refractivity contribution in [1.29, 1.82) is 0 Å². The summed E-state index contributed by atoms with van der Waals surface area (Å²) in [5.41, 5.74) is 0.597. The molecule has 58 valence electrons. The summed E-state index contributed by atoms with van der Waals surface area (Å²) < 4.78 is 4.77. The first-order valence-corrected chi connectivity index (χ1v) is 3.47. The summed E-state index contributed by atoms with van der Waals surface area (Å²) in [6.45, 7) is 3.67. The molecule has 0 saturated heterocycles. The molecule has 0 aliphatic rings. The van der Waals surface area contributed by atoms with E-state index in [1.807, 2.05) is 25.1 Å². The summed E-state index contributed by atoms with van der Waals surface area (Å²) in [5, 5.41) is 0. The SMILES string of the molecule is CC=Cc1cc(C)oc(=O)c1. The van der Waals surface area contributed by atoms with Gasteiger partial charge in [-0.05, 0) is 25.5 Å². The smallest absolute Gasteiger partial charge is 0.336 e. The van der Waals surface area contributed by atoms with Crippen LogP contribution < -0.4 is 5.63 Å². The summed E-state index contributed by atoms with van der Waals surface area (Å²) in [6.07, 6.45) is 3.75. The molecule has 0 amide bonds. The minimum Gasteiger partial charge on any atom is -0.428 e. The van der Waals surface area contributed by atoms with Crippen LogP contribution in [-0.2, 0) is 0 Å². The maximum atomic E-state index is 10.8. The first-order valence-electron chi connectivity index (χ1n) is 3.47. The Morgan fingerprint density at radius 1 is 1.45 bits per heavy atom. The lowest BCUT2D eigenvalue weighted by molar-refractivity contribution is 0.480. The molecule has 0 unspecified atom stereocenters. The third-order valence-electron chi connectivity index (χ3n) is 1.28. The molecule has 1 aromatic rings. The zero-order valence-corrected chi connectivity index (χ0v) is 6.63. The molecule has 0 radical (unpaired) electrons. The highest BCUT2D eigenvalue weighted by molar-refractivity contribution is 5.47. The predicted octanol–water partition coefficient (Wildman–Crippen LogP) is 1.98. The van der Waals surface area contributed by atoms with Crippen LogP contribution in [0.1, 0.15) is 18.2 Å². The molecule has 1 heterocycles. The molecule has 0 aliphatic heterocycles. The van der Waals surface area contributed by atoms with E-state index in [0.29, 0.717) is 5.76 Å². The zero-order valence-electron chi connectivity index (χ0n) is 6.63. The molecule has 2 nitrogen and oxygen atoms in total. The predicted molar refractivity (Wildman–Crippen MR) is 44.4 cm³/mol. The molecule has 0 atom stereocenters. The highest BCUT2D eigenvalue weighted by atomic mass is 16.4. The summed E-state index contributed by atoms with van der Waals surface area (Å²) in [4.78, 5) is 10.8. The van der Waals surface area contributed by atoms with Crippen LogP contribution >= 0.6 is 0 Å². The van der Waals surface area contributed by atoms with Crippen LogP contribution in [0.4, 0.5) is 0 Å². The second-order valence-electron chi connectivity index (χ2n) is 2.32. The summed E-state index contributed by atoms with van der Waals surface area (Å²) in [5.74, 6) is 0.644. The first-order chi connectivity index (χ1) is 5.22. The van der Waals surface area contributed by atoms with Gasteiger partial charge in [0.25, 0.3) is 0 Å². The summed E-state index contributed by atoms with van der Waals surface area (Å²) in [7, 11) is 0. The number of aryl methyl sites for hydroxylation is 1. The molecule has 0 N–H and O–H groups in total. The Morgan fingerprint density at radius 3 is 2.73 bits per heavy atom. The Balaban J connectivity index is 3.19. The van der Waals surface area contributed by atoms with Gasteiger partial charge >= 0.3 is 5.63 Å². The average molecular weight is 150 g/mol. The van der Waals surface area contributed by atoms with Crippen molar-refractivity contribution in [3.8, 4) is 0 Å². The third kappa shape index (κ3) is 2.08. The third-order valence-corrected chi connectivity index (χ3v) is 1.28. The van der Waals surface area contributed by atoms with Crippen molar-refractivity contribution in [3.63, 3.8) is 0 Å². The molecule has 1 aromatic heterocycles. The normalized spacial score (nSPS) is 10.7. The number of hydrogen-bond donors (Lipinski definition) is 0. The number of allylic oxidation sites excluding steroid dienone is 1. The van der Waals surface area contributed by atoms with Crippen LogP contribution in [0, 0.1) is 6.92 Å². The van der Waals surface area contributed by atoms with Crippen molar-refractivity contribution in [2.45, 2.75) is 13.8 Å². The van der Waals surface area contributed by atoms with Gasteiger partial charge in [0.1, 0.15) is 5.76 Å². The fourth-order valence-electron chi connectivity index (χ4n) is 0.919. The number of hydrogen-bond acceptors (Lipinski definition) is 2. The van der Waals surface area contributed by atoms with Gasteiger partial charge in [-0.25, -0.2) is 4.79 Å². The van der Waals surface area contributed by atoms with Crippen LogP contribution in [0.25, 0.3) is 6.08 Å². The second-order valence-corrected chi connectivity index (χ2v) is 2.32. The fraction of sp³-hybridized carbons (Fsp3) is 0.222. The lowest BCUT2D eigenvalue weighted by Gasteiger charge is -1.92. The van der Waals surface area contributed by atoms with Gasteiger partial charge in [-0.3, -0.25) is 0 Å². The van der Waals surface area contributed by atoms with E-state index in [0.717, 1.165) is 5.56 Å². The fourth-order valence-corrected chi connectivity index (χ4v) is 0.919. The molecule has 11 heavy (non-hydrogen) atoms. The van der Waals surface area contributed by atoms with Crippen LogP contribution in [0.2, 0.25) is 0 Å². The zero-order chi connectivity index (χ0) is 8.27. The average Bonchev–Trinajstić information content (AvgIpc) is 1.85. The molecule has 1 rings (SSSR count). The highest BCUT2D eigenvalue weighted by Gasteiger charge is 1.92. The molecule has 0 spiro atoms. The standard InChI is InChI=1S/C9H10O2/c1-3-4-8-5-7(2)11-9(10)6-8/h3-6H,1-2H3. The van der Waals surface area contributed by atoms with E-state index in [1.54, 1.807) is 6.92 Å². The van der Waals surface area contributed by atoms with Crippen LogP contribution in [-0.4, -0.2) is 0 Å². The van der Waals surface area contributed by atoms with E-state index in [4.69, 9.17) is 4.42 Å². The minimum absolute atomic E-state index is 0.293. The van der Waals surface area contributed by atoms with E-state index in [-0.39, 0.29) is 5.63 Å². The molecular weight excluding hydrogens is 140 g/mol. The Labute approximate surface area is 65.2 Å². The molecule has 0 fully saturated rings. The Bertz CT molecular complexity index is 321. The summed E-state index contributed by atoms with van der Waals surface area (Å²) >= 11 is 0. The molecule has 0 saturated carbocycles. The van der Waals surface area contributed by atoms with Crippen molar-refractivity contribution in [2.24, 2.45) is 0 Å². The Morgan fingerprint density at radius 2 is 2.18 bits per heavy atom. The van der Waals surface area contributed by atoms with Gasteiger partial charge < -0.3 is 4.42 Å². The van der Waals surface area contributed by atoms with Gasteiger partial charge in [0.05, 0.1) is 0 Å². The van der Waals surface area contributed by atoms with E-state index in [9.17, 15) is 4.79 Å². The maximum Gasteiger partial charge on any atom is 0.336 e. The molecule has 0 aliphatic carbocycles. The van der Waals surface area contributed by atoms with E-state index in [1.165, 1.54) is 6.07 Å². The van der Waals surface area contributed by atoms with Crippen LogP contribution in [0.3, 0.4) is 0 Å². The maximum absolute atomic E-state index is 10.8. The van der Waals surface area contributed by atoms with Crippen molar-refractivity contribution in [1.82, 2.24) is 0 Å². The topological polar surface area (TPSA) is 30.2 Å². The van der Waals surface area contributed by atoms with E-state index < -0.39 is 0 Å². The van der Waals surface area contributed by atoms with Crippen molar-refractivity contribution < 1.29 is 4.42 Å². The number of rotatable bonds is 1. The molecular formula is C9H10O2. The van der Waals surface area contributed by atoms with Crippen molar-refractivity contribution in [3.05, 3.63) is 40.0 Å². The molecule has 0 aromatic carbocycles. The molecule has 2 heteroatoms. The lowest BCUT2D eigenvalue weighted by Crippen LogP contribution is -1.97. The second kappa shape index (κ2) is 3.19. The van der Waals surface area contributed by atoms with Crippen molar-refractivity contribution >= 4 is 6.08 Å². The van der Waals surface area contributed by atoms with Gasteiger partial charge in [-0.15, -0.1) is 0 Å². The van der Waals surface area contributed by atoms with Gasteiger partial charge in [0, 0.05) is 6.07 Å². The summed E-state index contributed by atoms with van der Waals surface area (Å²) in [6, 6.07) is 3.29. The minimum atomic E-state index is -0.293. The lowest BCUT2D eigenvalue weighted by atomic mass is 10.2. The highest BCUT2D eigenvalue weighted by Crippen LogP contribution is 2.01. The quantitative estimate of drug-likeness (QED) is 0.612. The first kappa shape index (κ1) is 7.79.